The summed E-state index contributed by atoms with van der Waals surface area (Å²) in [7, 11) is 0. The number of alkyl halides is 2. The quantitative estimate of drug-likeness (QED) is 0.259. The second-order valence-corrected chi connectivity index (χ2v) is 8.32. The molecule has 4 bridgehead atoms. The first kappa shape index (κ1) is 19.9. The third-order valence-corrected chi connectivity index (χ3v) is 5.78. The molecule has 0 aromatic carbocycles. The van der Waals surface area contributed by atoms with Gasteiger partial charge >= 0.3 is 11.2 Å². The van der Waals surface area contributed by atoms with Crippen LogP contribution in [-0.2, 0) is 28.4 Å². The van der Waals surface area contributed by atoms with Gasteiger partial charge in [-0.25, -0.2) is 4.79 Å². The van der Waals surface area contributed by atoms with Gasteiger partial charge < -0.3 is 19.8 Å². The van der Waals surface area contributed by atoms with Crippen molar-refractivity contribution in [1.82, 2.24) is 0 Å². The summed E-state index contributed by atoms with van der Waals surface area (Å²) < 4.78 is 39.7. The predicted octanol–water partition coefficient (Wildman–Crippen LogP) is 0.663. The highest BCUT2D eigenvalue weighted by atomic mass is 32.2. The molecular weight excluding hydrogens is 378 g/mol. The summed E-state index contributed by atoms with van der Waals surface area (Å²) in [5, 5.41) is 18.7. The molecule has 2 unspecified atom stereocenters. The zero-order valence-electron chi connectivity index (χ0n) is 13.8. The number of Topliss-reactive ketones (excluding diaryl/α,β-unsaturated/α-hetero) is 1. The molecule has 0 saturated heterocycles. The summed E-state index contributed by atoms with van der Waals surface area (Å²) in [6.07, 6.45) is 4.55. The van der Waals surface area contributed by atoms with Crippen LogP contribution in [0, 0.1) is 11.8 Å². The molecule has 0 spiro atoms. The van der Waals surface area contributed by atoms with Crippen molar-refractivity contribution in [2.24, 2.45) is 11.8 Å². The molecule has 11 heteroatoms. The van der Waals surface area contributed by atoms with E-state index in [-0.39, 0.29) is 6.61 Å². The Balaban J connectivity index is 1.45. The Hall–Kier alpha value is -0.850. The molecule has 4 fully saturated rings. The summed E-state index contributed by atoms with van der Waals surface area (Å²) in [6, 6.07) is 0. The van der Waals surface area contributed by atoms with Crippen LogP contribution in [0.3, 0.4) is 0 Å². The maximum absolute atomic E-state index is 13.2. The third-order valence-electron chi connectivity index (χ3n) is 5.28. The smallest absolute Gasteiger partial charge is 0.415 e. The van der Waals surface area contributed by atoms with E-state index in [9.17, 15) is 28.7 Å². The van der Waals surface area contributed by atoms with Crippen molar-refractivity contribution in [1.29, 1.82) is 0 Å². The number of aliphatic hydroxyl groups is 1. The maximum Gasteiger partial charge on any atom is 0.415 e. The van der Waals surface area contributed by atoms with Crippen LogP contribution in [0.25, 0.3) is 0 Å². The van der Waals surface area contributed by atoms with E-state index in [1.54, 1.807) is 0 Å². The number of carbonyl (C=O) groups excluding carboxylic acids is 2. The number of rotatable bonds is 9. The van der Waals surface area contributed by atoms with Crippen LogP contribution in [0.1, 0.15) is 38.5 Å². The minimum atomic E-state index is -4.19. The van der Waals surface area contributed by atoms with Gasteiger partial charge in [-0.3, -0.25) is 9.83 Å². The van der Waals surface area contributed by atoms with Crippen LogP contribution in [0.15, 0.2) is 0 Å². The zero-order chi connectivity index (χ0) is 19.0. The Morgan fingerprint density at radius 1 is 1.19 bits per heavy atom. The number of ether oxygens (including phenoxy) is 2. The Kier molecular flexibility index (Phi) is 5.58. The average Bonchev–Trinajstić information content (AvgIpc) is 2.53. The number of hydrogen-bond acceptors (Lipinski definition) is 9. The highest BCUT2D eigenvalue weighted by Gasteiger charge is 2.58. The molecule has 0 aromatic rings. The molecule has 0 radical (unpaired) electrons. The van der Waals surface area contributed by atoms with Gasteiger partial charge in [0.05, 0.1) is 11.2 Å². The highest BCUT2D eigenvalue weighted by Crippen LogP contribution is 2.58. The first-order valence-corrected chi connectivity index (χ1v) is 8.97. The molecule has 1 N–H and O–H groups in total. The predicted molar refractivity (Wildman–Crippen MR) is 79.0 cm³/mol. The number of hydrogen-bond donors (Lipinski definition) is 1. The van der Waals surface area contributed by atoms with Gasteiger partial charge in [0.2, 0.25) is 0 Å². The van der Waals surface area contributed by atoms with Crippen molar-refractivity contribution < 1.29 is 47.6 Å². The fraction of sp³-hybridized carbons (Fsp3) is 0.867. The van der Waals surface area contributed by atoms with Crippen molar-refractivity contribution in [2.45, 2.75) is 55.0 Å². The lowest BCUT2D eigenvalue weighted by Crippen LogP contribution is -2.60. The second kappa shape index (κ2) is 7.28. The molecule has 4 aliphatic carbocycles. The lowest BCUT2D eigenvalue weighted by Gasteiger charge is -2.59. The summed E-state index contributed by atoms with van der Waals surface area (Å²) in [5.41, 5.74) is -1.32. The number of ketones is 1. The molecule has 0 heterocycles. The molecule has 0 amide bonds. The Bertz CT molecular complexity index is 558. The molecule has 0 aliphatic heterocycles. The lowest BCUT2D eigenvalue weighted by atomic mass is 9.52. The standard InChI is InChI=1S/C15H20F2O8S/c16-15(17,26-25-24-21)12(19)22-6-11(18)7-23-14-4-9-1-10(5-14)3-13(20,2-9)8-14/h9-10,20-21H,1-8H2/p-1. The number of carbonyl (C=O) groups is 2. The molecule has 4 saturated carbocycles. The Morgan fingerprint density at radius 2 is 1.85 bits per heavy atom. The molecular formula is C15H19F2O8S-. The summed E-state index contributed by atoms with van der Waals surface area (Å²) in [6.45, 7) is -1.28. The lowest BCUT2D eigenvalue weighted by molar-refractivity contribution is -0.777. The normalized spacial score (nSPS) is 35.5. The molecule has 4 aliphatic rings. The molecule has 4 rings (SSSR count). The van der Waals surface area contributed by atoms with E-state index in [2.05, 4.69) is 14.1 Å². The van der Waals surface area contributed by atoms with E-state index in [1.165, 1.54) is 0 Å². The highest BCUT2D eigenvalue weighted by molar-refractivity contribution is 7.96. The van der Waals surface area contributed by atoms with Crippen LogP contribution in [-0.4, -0.2) is 46.5 Å². The van der Waals surface area contributed by atoms with Crippen LogP contribution in [0.4, 0.5) is 8.78 Å². The monoisotopic (exact) mass is 397 g/mol. The minimum absolute atomic E-state index is 0.369. The fourth-order valence-corrected chi connectivity index (χ4v) is 5.14. The Morgan fingerprint density at radius 3 is 2.42 bits per heavy atom. The molecule has 26 heavy (non-hydrogen) atoms. The van der Waals surface area contributed by atoms with Crippen molar-refractivity contribution in [3.05, 3.63) is 0 Å². The Labute approximate surface area is 152 Å². The summed E-state index contributed by atoms with van der Waals surface area (Å²) >= 11 is -0.823. The largest absolute Gasteiger partial charge is 0.691 e. The average molecular weight is 397 g/mol. The van der Waals surface area contributed by atoms with E-state index >= 15 is 0 Å². The SMILES string of the molecule is O=C(COC(=O)C(F)(F)SOO[O-])COC12CC3CC(CC(O)(C3)C1)C2. The van der Waals surface area contributed by atoms with Crippen molar-refractivity contribution in [3.63, 3.8) is 0 Å². The summed E-state index contributed by atoms with van der Waals surface area (Å²) in [4.78, 5) is 23.0. The van der Waals surface area contributed by atoms with E-state index in [1.807, 2.05) is 0 Å². The van der Waals surface area contributed by atoms with Gasteiger partial charge in [-0.2, -0.15) is 13.1 Å². The van der Waals surface area contributed by atoms with Crippen molar-refractivity contribution in [2.75, 3.05) is 13.2 Å². The molecule has 2 atom stereocenters. The first-order chi connectivity index (χ1) is 12.2. The zero-order valence-corrected chi connectivity index (χ0v) is 14.6. The minimum Gasteiger partial charge on any atom is -0.691 e. The molecule has 148 valence electrons. The van der Waals surface area contributed by atoms with Crippen LogP contribution in [0.5, 0.6) is 0 Å². The topological polar surface area (TPSA) is 114 Å². The van der Waals surface area contributed by atoms with Gasteiger partial charge in [-0.1, -0.05) is 0 Å². The van der Waals surface area contributed by atoms with E-state index in [4.69, 9.17) is 4.74 Å². The van der Waals surface area contributed by atoms with Crippen LogP contribution in [0.2, 0.25) is 0 Å². The number of halogens is 2. The summed E-state index contributed by atoms with van der Waals surface area (Å²) in [5.74, 6) is -1.97. The fourth-order valence-electron chi connectivity index (χ4n) is 4.90. The van der Waals surface area contributed by atoms with Crippen LogP contribution >= 0.6 is 12.0 Å². The van der Waals surface area contributed by atoms with Crippen molar-refractivity contribution >= 4 is 23.8 Å². The van der Waals surface area contributed by atoms with Gasteiger partial charge in [0.25, 0.3) is 0 Å². The van der Waals surface area contributed by atoms with Crippen LogP contribution < -0.4 is 5.26 Å². The van der Waals surface area contributed by atoms with Gasteiger partial charge in [0, 0.05) is 6.42 Å². The molecule has 8 nitrogen and oxygen atoms in total. The third kappa shape index (κ3) is 4.34. The van der Waals surface area contributed by atoms with E-state index in [0.717, 1.165) is 32.1 Å². The van der Waals surface area contributed by atoms with Gasteiger partial charge in [-0.05, 0) is 43.9 Å². The van der Waals surface area contributed by atoms with Gasteiger partial charge in [0.15, 0.2) is 12.4 Å². The van der Waals surface area contributed by atoms with Gasteiger partial charge in [0.1, 0.15) is 18.6 Å². The van der Waals surface area contributed by atoms with Crippen molar-refractivity contribution in [3.8, 4) is 0 Å². The maximum atomic E-state index is 13.2. The number of esters is 1. The first-order valence-electron chi connectivity index (χ1n) is 8.23. The van der Waals surface area contributed by atoms with E-state index in [0.29, 0.717) is 18.3 Å². The van der Waals surface area contributed by atoms with Gasteiger partial charge in [-0.15, -0.1) is 0 Å². The van der Waals surface area contributed by atoms with E-state index < -0.39 is 46.9 Å². The molecule has 0 aromatic heterocycles. The second-order valence-electron chi connectivity index (χ2n) is 7.51.